The second-order valence-electron chi connectivity index (χ2n) is 5.63. The average Bonchev–Trinajstić information content (AvgIpc) is 2.34. The van der Waals surface area contributed by atoms with Gasteiger partial charge in [0, 0.05) is 6.04 Å². The highest BCUT2D eigenvalue weighted by molar-refractivity contribution is 4.75. The smallest absolute Gasteiger partial charge is 0.00925 e. The van der Waals surface area contributed by atoms with Gasteiger partial charge in [-0.05, 0) is 31.2 Å². The van der Waals surface area contributed by atoms with Gasteiger partial charge in [0.25, 0.3) is 0 Å². The fraction of sp³-hybridized carbons (Fsp3) is 1.00. The fourth-order valence-corrected chi connectivity index (χ4v) is 3.03. The maximum atomic E-state index is 3.67. The molecule has 1 aliphatic carbocycles. The van der Waals surface area contributed by atoms with Crippen LogP contribution in [0, 0.1) is 11.8 Å². The molecule has 0 aromatic rings. The first-order valence-corrected chi connectivity index (χ1v) is 7.51. The number of nitrogens with one attached hydrogen (secondary N) is 1. The van der Waals surface area contributed by atoms with Crippen molar-refractivity contribution in [3.8, 4) is 0 Å². The standard InChI is InChI=1S/C15H31N/c1-4-13(3)15(16-5-2)12-11-14-9-7-6-8-10-14/h13-16H,4-12H2,1-3H3. The zero-order valence-corrected chi connectivity index (χ0v) is 11.6. The minimum atomic E-state index is 0.761. The first-order valence-electron chi connectivity index (χ1n) is 7.51. The summed E-state index contributed by atoms with van der Waals surface area (Å²) in [6.45, 7) is 8.07. The molecule has 0 heterocycles. The normalized spacial score (nSPS) is 21.9. The molecule has 1 heteroatoms. The van der Waals surface area contributed by atoms with Gasteiger partial charge in [-0.2, -0.15) is 0 Å². The molecule has 0 spiro atoms. The van der Waals surface area contributed by atoms with Crippen molar-refractivity contribution >= 4 is 0 Å². The molecule has 1 N–H and O–H groups in total. The molecule has 0 aromatic heterocycles. The highest BCUT2D eigenvalue weighted by Gasteiger charge is 2.18. The van der Waals surface area contributed by atoms with Gasteiger partial charge in [0.2, 0.25) is 0 Å². The Labute approximate surface area is 102 Å². The predicted octanol–water partition coefficient (Wildman–Crippen LogP) is 4.37. The Kier molecular flexibility index (Phi) is 7.11. The summed E-state index contributed by atoms with van der Waals surface area (Å²) >= 11 is 0. The van der Waals surface area contributed by atoms with E-state index in [2.05, 4.69) is 26.1 Å². The third-order valence-electron chi connectivity index (χ3n) is 4.41. The third kappa shape index (κ3) is 4.86. The maximum absolute atomic E-state index is 3.67. The molecule has 0 radical (unpaired) electrons. The molecule has 1 nitrogen and oxygen atoms in total. The molecule has 16 heavy (non-hydrogen) atoms. The van der Waals surface area contributed by atoms with Gasteiger partial charge in [0.05, 0.1) is 0 Å². The molecular formula is C15H31N. The van der Waals surface area contributed by atoms with E-state index in [4.69, 9.17) is 0 Å². The van der Waals surface area contributed by atoms with Crippen molar-refractivity contribution in [1.82, 2.24) is 5.32 Å². The lowest BCUT2D eigenvalue weighted by atomic mass is 9.83. The molecule has 0 saturated heterocycles. The summed E-state index contributed by atoms with van der Waals surface area (Å²) in [5.74, 6) is 1.88. The van der Waals surface area contributed by atoms with Gasteiger partial charge in [-0.25, -0.2) is 0 Å². The van der Waals surface area contributed by atoms with E-state index in [1.54, 1.807) is 0 Å². The molecular weight excluding hydrogens is 194 g/mol. The van der Waals surface area contributed by atoms with Crippen LogP contribution in [-0.2, 0) is 0 Å². The van der Waals surface area contributed by atoms with E-state index < -0.39 is 0 Å². The SMILES string of the molecule is CCNC(CCC1CCCCC1)C(C)CC. The fourth-order valence-electron chi connectivity index (χ4n) is 3.03. The molecule has 1 aliphatic rings. The first-order chi connectivity index (χ1) is 7.77. The van der Waals surface area contributed by atoms with E-state index >= 15 is 0 Å². The molecule has 1 saturated carbocycles. The van der Waals surface area contributed by atoms with E-state index in [0.717, 1.165) is 24.4 Å². The Bertz CT molecular complexity index is 161. The van der Waals surface area contributed by atoms with E-state index in [-0.39, 0.29) is 0 Å². The summed E-state index contributed by atoms with van der Waals surface area (Å²) in [7, 11) is 0. The van der Waals surface area contributed by atoms with Crippen molar-refractivity contribution in [2.45, 2.75) is 78.2 Å². The highest BCUT2D eigenvalue weighted by atomic mass is 14.9. The first kappa shape index (κ1) is 14.0. The van der Waals surface area contributed by atoms with Crippen molar-refractivity contribution in [2.75, 3.05) is 6.54 Å². The Morgan fingerprint density at radius 3 is 2.38 bits per heavy atom. The highest BCUT2D eigenvalue weighted by Crippen LogP contribution is 2.28. The molecule has 96 valence electrons. The molecule has 0 bridgehead atoms. The number of hydrogen-bond donors (Lipinski definition) is 1. The molecule has 2 unspecified atom stereocenters. The Hall–Kier alpha value is -0.0400. The molecule has 0 aromatic carbocycles. The van der Waals surface area contributed by atoms with E-state index in [9.17, 15) is 0 Å². The predicted molar refractivity (Wildman–Crippen MR) is 72.7 cm³/mol. The van der Waals surface area contributed by atoms with Crippen LogP contribution in [0.25, 0.3) is 0 Å². The second-order valence-corrected chi connectivity index (χ2v) is 5.63. The monoisotopic (exact) mass is 225 g/mol. The molecule has 1 rings (SSSR count). The van der Waals surface area contributed by atoms with Crippen LogP contribution in [0.5, 0.6) is 0 Å². The summed E-state index contributed by atoms with van der Waals surface area (Å²) in [4.78, 5) is 0. The largest absolute Gasteiger partial charge is 0.314 e. The van der Waals surface area contributed by atoms with Gasteiger partial charge in [0.15, 0.2) is 0 Å². The molecule has 2 atom stereocenters. The van der Waals surface area contributed by atoms with Crippen LogP contribution in [-0.4, -0.2) is 12.6 Å². The summed E-state index contributed by atoms with van der Waals surface area (Å²) in [5, 5.41) is 3.67. The zero-order chi connectivity index (χ0) is 11.8. The molecule has 1 fully saturated rings. The van der Waals surface area contributed by atoms with E-state index in [1.165, 1.54) is 51.4 Å². The van der Waals surface area contributed by atoms with Crippen molar-refractivity contribution in [1.29, 1.82) is 0 Å². The topological polar surface area (TPSA) is 12.0 Å². The van der Waals surface area contributed by atoms with Gasteiger partial charge >= 0.3 is 0 Å². The van der Waals surface area contributed by atoms with E-state index in [1.807, 2.05) is 0 Å². The van der Waals surface area contributed by atoms with Gasteiger partial charge in [-0.3, -0.25) is 0 Å². The van der Waals surface area contributed by atoms with Crippen molar-refractivity contribution < 1.29 is 0 Å². The van der Waals surface area contributed by atoms with Crippen molar-refractivity contribution in [3.05, 3.63) is 0 Å². The zero-order valence-electron chi connectivity index (χ0n) is 11.6. The summed E-state index contributed by atoms with van der Waals surface area (Å²) in [6.07, 6.45) is 11.6. The minimum absolute atomic E-state index is 0.761. The number of rotatable bonds is 7. The Morgan fingerprint density at radius 2 is 1.81 bits per heavy atom. The average molecular weight is 225 g/mol. The summed E-state index contributed by atoms with van der Waals surface area (Å²) in [5.41, 5.74) is 0. The van der Waals surface area contributed by atoms with Crippen LogP contribution >= 0.6 is 0 Å². The van der Waals surface area contributed by atoms with Crippen LogP contribution in [0.4, 0.5) is 0 Å². The van der Waals surface area contributed by atoms with Crippen LogP contribution in [0.15, 0.2) is 0 Å². The minimum Gasteiger partial charge on any atom is -0.314 e. The van der Waals surface area contributed by atoms with Crippen LogP contribution in [0.3, 0.4) is 0 Å². The van der Waals surface area contributed by atoms with Gasteiger partial charge < -0.3 is 5.32 Å². The lowest BCUT2D eigenvalue weighted by molar-refractivity contribution is 0.282. The van der Waals surface area contributed by atoms with Crippen molar-refractivity contribution in [3.63, 3.8) is 0 Å². The third-order valence-corrected chi connectivity index (χ3v) is 4.41. The van der Waals surface area contributed by atoms with Gasteiger partial charge in [-0.15, -0.1) is 0 Å². The van der Waals surface area contributed by atoms with E-state index in [0.29, 0.717) is 0 Å². The van der Waals surface area contributed by atoms with Crippen LogP contribution < -0.4 is 5.32 Å². The lowest BCUT2D eigenvalue weighted by Crippen LogP contribution is -2.35. The second kappa shape index (κ2) is 8.11. The van der Waals surface area contributed by atoms with Crippen molar-refractivity contribution in [2.24, 2.45) is 11.8 Å². The van der Waals surface area contributed by atoms with Gasteiger partial charge in [-0.1, -0.05) is 59.3 Å². The van der Waals surface area contributed by atoms with Crippen LogP contribution in [0.2, 0.25) is 0 Å². The van der Waals surface area contributed by atoms with Gasteiger partial charge in [0.1, 0.15) is 0 Å². The summed E-state index contributed by atoms with van der Waals surface area (Å²) in [6, 6.07) is 0.761. The molecule has 0 aliphatic heterocycles. The Balaban J connectivity index is 2.24. The molecule has 0 amide bonds. The maximum Gasteiger partial charge on any atom is 0.00925 e. The quantitative estimate of drug-likeness (QED) is 0.678. The summed E-state index contributed by atoms with van der Waals surface area (Å²) < 4.78 is 0. The Morgan fingerprint density at radius 1 is 1.12 bits per heavy atom. The van der Waals surface area contributed by atoms with Crippen LogP contribution in [0.1, 0.15) is 72.1 Å². The lowest BCUT2D eigenvalue weighted by Gasteiger charge is -2.27. The number of hydrogen-bond acceptors (Lipinski definition) is 1.